The lowest BCUT2D eigenvalue weighted by molar-refractivity contribution is -0.131. The van der Waals surface area contributed by atoms with Gasteiger partial charge in [0.2, 0.25) is 0 Å². The van der Waals surface area contributed by atoms with Gasteiger partial charge >= 0.3 is 12.0 Å². The van der Waals surface area contributed by atoms with Crippen LogP contribution in [0.2, 0.25) is 0 Å². The quantitative estimate of drug-likeness (QED) is 0.854. The first-order valence-electron chi connectivity index (χ1n) is 6.17. The van der Waals surface area contributed by atoms with Crippen LogP contribution in [0.3, 0.4) is 0 Å². The van der Waals surface area contributed by atoms with Crippen LogP contribution in [0.1, 0.15) is 11.1 Å². The minimum atomic E-state index is -1.10. The number of rotatable bonds is 4. The van der Waals surface area contributed by atoms with Gasteiger partial charge < -0.3 is 14.9 Å². The summed E-state index contributed by atoms with van der Waals surface area (Å²) in [6, 6.07) is 4.06. The molecular weight excluding hydrogens is 263 g/mol. The van der Waals surface area contributed by atoms with Gasteiger partial charge in [-0.05, 0) is 29.3 Å². The van der Waals surface area contributed by atoms with E-state index in [9.17, 15) is 14.0 Å². The van der Waals surface area contributed by atoms with Crippen LogP contribution in [0.25, 0.3) is 6.08 Å². The average Bonchev–Trinajstić information content (AvgIpc) is 2.71. The number of carbonyl (C=O) groups is 2. The molecule has 1 aliphatic heterocycles. The predicted molar refractivity (Wildman–Crippen MR) is 71.5 cm³/mol. The van der Waals surface area contributed by atoms with Crippen LogP contribution in [0.4, 0.5) is 9.18 Å². The second-order valence-electron chi connectivity index (χ2n) is 4.64. The first-order chi connectivity index (χ1) is 9.47. The van der Waals surface area contributed by atoms with Crippen LogP contribution in [-0.2, 0) is 11.3 Å². The van der Waals surface area contributed by atoms with E-state index in [2.05, 4.69) is 0 Å². The first kappa shape index (κ1) is 14.0. The second-order valence-corrected chi connectivity index (χ2v) is 4.64. The van der Waals surface area contributed by atoms with Crippen molar-refractivity contribution < 1.29 is 19.1 Å². The molecule has 0 aromatic heterocycles. The van der Waals surface area contributed by atoms with Crippen LogP contribution in [0.15, 0.2) is 24.3 Å². The van der Waals surface area contributed by atoms with Gasteiger partial charge in [0, 0.05) is 32.8 Å². The van der Waals surface area contributed by atoms with E-state index in [4.69, 9.17) is 5.11 Å². The van der Waals surface area contributed by atoms with Gasteiger partial charge in [0.15, 0.2) is 0 Å². The van der Waals surface area contributed by atoms with E-state index >= 15 is 0 Å². The number of carbonyl (C=O) groups excluding carboxylic acids is 1. The van der Waals surface area contributed by atoms with Crippen molar-refractivity contribution in [3.8, 4) is 0 Å². The predicted octanol–water partition coefficient (Wildman–Crippen LogP) is 1.79. The lowest BCUT2D eigenvalue weighted by Gasteiger charge is -2.17. The zero-order valence-electron chi connectivity index (χ0n) is 11.0. The number of likely N-dealkylation sites (N-methyl/N-ethyl adjacent to an activating group) is 1. The Labute approximate surface area is 115 Å². The highest BCUT2D eigenvalue weighted by molar-refractivity contribution is 5.85. The molecule has 1 fully saturated rings. The van der Waals surface area contributed by atoms with Gasteiger partial charge in [-0.15, -0.1) is 0 Å². The van der Waals surface area contributed by atoms with E-state index in [1.807, 2.05) is 0 Å². The fourth-order valence-electron chi connectivity index (χ4n) is 2.08. The number of amides is 2. The Hall–Kier alpha value is -2.37. The molecular formula is C14H15FN2O3. The third kappa shape index (κ3) is 3.14. The standard InChI is InChI=1S/C14H15FN2O3/c1-16-6-7-17(14(16)20)9-11-2-4-12(15)8-10(11)3-5-13(18)19/h2-5,8H,6-7,9H2,1H3,(H,18,19). The monoisotopic (exact) mass is 278 g/mol. The summed E-state index contributed by atoms with van der Waals surface area (Å²) in [4.78, 5) is 25.6. The van der Waals surface area contributed by atoms with Crippen LogP contribution in [0, 0.1) is 5.82 Å². The summed E-state index contributed by atoms with van der Waals surface area (Å²) < 4.78 is 13.3. The zero-order valence-corrected chi connectivity index (χ0v) is 11.0. The Morgan fingerprint density at radius 1 is 1.45 bits per heavy atom. The van der Waals surface area contributed by atoms with E-state index in [-0.39, 0.29) is 6.03 Å². The molecule has 2 rings (SSSR count). The highest BCUT2D eigenvalue weighted by Gasteiger charge is 2.25. The Balaban J connectivity index is 2.23. The zero-order chi connectivity index (χ0) is 14.7. The van der Waals surface area contributed by atoms with Gasteiger partial charge in [0.25, 0.3) is 0 Å². The summed E-state index contributed by atoms with van der Waals surface area (Å²) >= 11 is 0. The maximum atomic E-state index is 13.3. The molecule has 2 amide bonds. The van der Waals surface area contributed by atoms with Crippen molar-refractivity contribution in [2.75, 3.05) is 20.1 Å². The molecule has 1 saturated heterocycles. The van der Waals surface area contributed by atoms with Gasteiger partial charge in [-0.1, -0.05) is 6.07 Å². The molecule has 20 heavy (non-hydrogen) atoms. The van der Waals surface area contributed by atoms with Crippen molar-refractivity contribution in [2.45, 2.75) is 6.54 Å². The Kier molecular flexibility index (Phi) is 4.02. The number of benzene rings is 1. The third-order valence-electron chi connectivity index (χ3n) is 3.18. The van der Waals surface area contributed by atoms with E-state index < -0.39 is 11.8 Å². The Bertz CT molecular complexity index is 572. The molecule has 0 saturated carbocycles. The number of aliphatic carboxylic acids is 1. The summed E-state index contributed by atoms with van der Waals surface area (Å²) in [7, 11) is 1.72. The van der Waals surface area contributed by atoms with E-state index in [1.54, 1.807) is 22.9 Å². The van der Waals surface area contributed by atoms with E-state index in [0.29, 0.717) is 30.8 Å². The highest BCUT2D eigenvalue weighted by Crippen LogP contribution is 2.18. The number of hydrogen-bond donors (Lipinski definition) is 1. The number of carboxylic acid groups (broad SMARTS) is 1. The summed E-state index contributed by atoms with van der Waals surface area (Å²) in [5.74, 6) is -1.54. The fourth-order valence-corrected chi connectivity index (χ4v) is 2.08. The minimum absolute atomic E-state index is 0.0810. The SMILES string of the molecule is CN1CCN(Cc2ccc(F)cc2C=CC(=O)O)C1=O. The molecule has 1 N–H and O–H groups in total. The molecule has 0 unspecified atom stereocenters. The summed E-state index contributed by atoms with van der Waals surface area (Å²) in [6.07, 6.45) is 2.29. The summed E-state index contributed by atoms with van der Waals surface area (Å²) in [5.41, 5.74) is 1.18. The molecule has 0 spiro atoms. The number of nitrogens with zero attached hydrogens (tertiary/aromatic N) is 2. The summed E-state index contributed by atoms with van der Waals surface area (Å²) in [6.45, 7) is 1.60. The van der Waals surface area contributed by atoms with Crippen LogP contribution < -0.4 is 0 Å². The first-order valence-corrected chi connectivity index (χ1v) is 6.17. The minimum Gasteiger partial charge on any atom is -0.478 e. The molecule has 0 aliphatic carbocycles. The van der Waals surface area contributed by atoms with Gasteiger partial charge in [0.1, 0.15) is 5.82 Å². The van der Waals surface area contributed by atoms with Gasteiger partial charge in [-0.2, -0.15) is 0 Å². The second kappa shape index (κ2) is 5.73. The molecule has 1 aliphatic rings. The maximum Gasteiger partial charge on any atom is 0.328 e. The molecule has 0 radical (unpaired) electrons. The number of halogens is 1. The van der Waals surface area contributed by atoms with Crippen molar-refractivity contribution >= 4 is 18.1 Å². The van der Waals surface area contributed by atoms with Crippen LogP contribution in [0.5, 0.6) is 0 Å². The van der Waals surface area contributed by atoms with Crippen molar-refractivity contribution in [1.29, 1.82) is 0 Å². The molecule has 1 aromatic carbocycles. The molecule has 5 nitrogen and oxygen atoms in total. The third-order valence-corrected chi connectivity index (χ3v) is 3.18. The maximum absolute atomic E-state index is 13.3. The number of urea groups is 1. The Morgan fingerprint density at radius 3 is 2.80 bits per heavy atom. The lowest BCUT2D eigenvalue weighted by Crippen LogP contribution is -2.29. The van der Waals surface area contributed by atoms with Crippen LogP contribution >= 0.6 is 0 Å². The highest BCUT2D eigenvalue weighted by atomic mass is 19.1. The molecule has 0 bridgehead atoms. The topological polar surface area (TPSA) is 60.9 Å². The largest absolute Gasteiger partial charge is 0.478 e. The van der Waals surface area contributed by atoms with Crippen molar-refractivity contribution in [3.63, 3.8) is 0 Å². The molecule has 1 heterocycles. The Morgan fingerprint density at radius 2 is 2.20 bits per heavy atom. The average molecular weight is 278 g/mol. The van der Waals surface area contributed by atoms with Crippen LogP contribution in [-0.4, -0.2) is 47.0 Å². The van der Waals surface area contributed by atoms with Gasteiger partial charge in [0.05, 0.1) is 0 Å². The van der Waals surface area contributed by atoms with Gasteiger partial charge in [-0.25, -0.2) is 14.0 Å². The fraction of sp³-hybridized carbons (Fsp3) is 0.286. The molecule has 6 heteroatoms. The van der Waals surface area contributed by atoms with Crippen molar-refractivity contribution in [3.05, 3.63) is 41.2 Å². The normalized spacial score (nSPS) is 15.4. The molecule has 0 atom stereocenters. The number of hydrogen-bond acceptors (Lipinski definition) is 2. The molecule has 106 valence electrons. The van der Waals surface area contributed by atoms with Crippen molar-refractivity contribution in [2.24, 2.45) is 0 Å². The number of carboxylic acids is 1. The lowest BCUT2D eigenvalue weighted by atomic mass is 10.1. The smallest absolute Gasteiger partial charge is 0.328 e. The summed E-state index contributed by atoms with van der Waals surface area (Å²) in [5, 5.41) is 8.64. The molecule has 1 aromatic rings. The van der Waals surface area contributed by atoms with Crippen molar-refractivity contribution in [1.82, 2.24) is 9.80 Å². The van der Waals surface area contributed by atoms with E-state index in [1.165, 1.54) is 18.2 Å². The van der Waals surface area contributed by atoms with Gasteiger partial charge in [-0.3, -0.25) is 0 Å². The van der Waals surface area contributed by atoms with E-state index in [0.717, 1.165) is 6.08 Å².